The number of aromatic nitrogens is 2. The number of hydrogen-bond donors (Lipinski definition) is 2. The van der Waals surface area contributed by atoms with Crippen LogP contribution in [0.2, 0.25) is 0 Å². The fourth-order valence-electron chi connectivity index (χ4n) is 2.88. The molecule has 2 N–H and O–H groups in total. The topological polar surface area (TPSA) is 110 Å². The van der Waals surface area contributed by atoms with Crippen LogP contribution < -0.4 is 9.46 Å². The molecule has 0 aliphatic rings. The highest BCUT2D eigenvalue weighted by atomic mass is 32.2. The number of ether oxygens (including phenoxy) is 2. The molecular formula is C21H23N3O5S. The van der Waals surface area contributed by atoms with Crippen LogP contribution in [-0.4, -0.2) is 38.3 Å². The highest BCUT2D eigenvalue weighted by Gasteiger charge is 2.21. The summed E-state index contributed by atoms with van der Waals surface area (Å²) in [5.74, 6) is -0.178. The zero-order valence-electron chi connectivity index (χ0n) is 16.7. The third kappa shape index (κ3) is 5.18. The van der Waals surface area contributed by atoms with Gasteiger partial charge in [0, 0.05) is 6.20 Å². The Kier molecular flexibility index (Phi) is 6.73. The van der Waals surface area contributed by atoms with Gasteiger partial charge in [-0.25, -0.2) is 13.2 Å². The molecule has 9 heteroatoms. The van der Waals surface area contributed by atoms with Crippen molar-refractivity contribution in [3.8, 4) is 5.75 Å². The summed E-state index contributed by atoms with van der Waals surface area (Å²) in [6.45, 7) is 1.89. The summed E-state index contributed by atoms with van der Waals surface area (Å²) in [7, 11) is -2.48. The van der Waals surface area contributed by atoms with E-state index in [1.54, 1.807) is 55.7 Å². The van der Waals surface area contributed by atoms with Crippen LogP contribution in [0.4, 0.5) is 5.69 Å². The van der Waals surface area contributed by atoms with Crippen molar-refractivity contribution >= 4 is 21.7 Å². The lowest BCUT2D eigenvalue weighted by Crippen LogP contribution is -2.16. The minimum atomic E-state index is -3.94. The van der Waals surface area contributed by atoms with E-state index in [0.717, 1.165) is 12.0 Å². The van der Waals surface area contributed by atoms with Gasteiger partial charge in [0.15, 0.2) is 0 Å². The standard InChI is InChI=1S/C21H23N3O5S/c1-15-9-10-17(21(25)29-11-5-6-16-13-22-23-14-16)12-20(15)30(26,27)24-18-7-3-4-8-19(18)28-2/h3-4,7-10,12-14,24H,5-6,11H2,1-2H3,(H,22,23). The van der Waals surface area contributed by atoms with E-state index in [1.165, 1.54) is 13.2 Å². The van der Waals surface area contributed by atoms with Crippen molar-refractivity contribution in [2.45, 2.75) is 24.7 Å². The maximum atomic E-state index is 12.9. The molecule has 0 spiro atoms. The molecule has 1 heterocycles. The monoisotopic (exact) mass is 429 g/mol. The fourth-order valence-corrected chi connectivity index (χ4v) is 4.23. The Hall–Kier alpha value is -3.33. The first-order valence-electron chi connectivity index (χ1n) is 9.32. The number of nitrogens with zero attached hydrogens (tertiary/aromatic N) is 1. The van der Waals surface area contributed by atoms with Crippen molar-refractivity contribution in [3.05, 3.63) is 71.5 Å². The van der Waals surface area contributed by atoms with Crippen molar-refractivity contribution in [1.82, 2.24) is 10.2 Å². The average Bonchev–Trinajstić information content (AvgIpc) is 3.25. The first kappa shape index (κ1) is 21.4. The quantitative estimate of drug-likeness (QED) is 0.399. The molecule has 1 aromatic heterocycles. The van der Waals surface area contributed by atoms with E-state index in [1.807, 2.05) is 0 Å². The maximum Gasteiger partial charge on any atom is 0.338 e. The van der Waals surface area contributed by atoms with Gasteiger partial charge < -0.3 is 9.47 Å². The molecule has 0 aliphatic heterocycles. The lowest BCUT2D eigenvalue weighted by atomic mass is 10.1. The molecule has 158 valence electrons. The number of methoxy groups -OCH3 is 1. The molecule has 0 bridgehead atoms. The van der Waals surface area contributed by atoms with Crippen LogP contribution in [0.25, 0.3) is 0 Å². The minimum absolute atomic E-state index is 0.00116. The van der Waals surface area contributed by atoms with Crippen LogP contribution in [0.3, 0.4) is 0 Å². The molecule has 0 aliphatic carbocycles. The van der Waals surface area contributed by atoms with E-state index in [2.05, 4.69) is 14.9 Å². The summed E-state index contributed by atoms with van der Waals surface area (Å²) in [5.41, 5.74) is 2.02. The van der Waals surface area contributed by atoms with E-state index in [4.69, 9.17) is 9.47 Å². The number of H-pyrrole nitrogens is 1. The molecule has 0 unspecified atom stereocenters. The van der Waals surface area contributed by atoms with Crippen molar-refractivity contribution < 1.29 is 22.7 Å². The molecule has 0 atom stereocenters. The lowest BCUT2D eigenvalue weighted by molar-refractivity contribution is 0.0500. The molecule has 8 nitrogen and oxygen atoms in total. The van der Waals surface area contributed by atoms with Gasteiger partial charge in [-0.2, -0.15) is 5.10 Å². The molecule has 3 rings (SSSR count). The molecule has 0 radical (unpaired) electrons. The Morgan fingerprint density at radius 3 is 2.73 bits per heavy atom. The lowest BCUT2D eigenvalue weighted by Gasteiger charge is -2.14. The van der Waals surface area contributed by atoms with E-state index < -0.39 is 16.0 Å². The summed E-state index contributed by atoms with van der Waals surface area (Å²) >= 11 is 0. The Labute approximate surface area is 175 Å². The second-order valence-corrected chi connectivity index (χ2v) is 8.28. The number of sulfonamides is 1. The second-order valence-electron chi connectivity index (χ2n) is 6.63. The van der Waals surface area contributed by atoms with Crippen molar-refractivity contribution in [1.29, 1.82) is 0 Å². The first-order chi connectivity index (χ1) is 14.4. The minimum Gasteiger partial charge on any atom is -0.495 e. The SMILES string of the molecule is COc1ccccc1NS(=O)(=O)c1cc(C(=O)OCCCc2cn[nH]c2)ccc1C. The highest BCUT2D eigenvalue weighted by molar-refractivity contribution is 7.92. The van der Waals surface area contributed by atoms with E-state index in [9.17, 15) is 13.2 Å². The normalized spacial score (nSPS) is 11.1. The smallest absolute Gasteiger partial charge is 0.338 e. The maximum absolute atomic E-state index is 12.9. The van der Waals surface area contributed by atoms with E-state index in [0.29, 0.717) is 23.4 Å². The summed E-state index contributed by atoms with van der Waals surface area (Å²) in [4.78, 5) is 12.4. The predicted octanol–water partition coefficient (Wildman–Crippen LogP) is 3.32. The number of aryl methyl sites for hydroxylation is 2. The first-order valence-corrected chi connectivity index (χ1v) is 10.8. The van der Waals surface area contributed by atoms with Gasteiger partial charge in [-0.1, -0.05) is 18.2 Å². The Balaban J connectivity index is 1.71. The second kappa shape index (κ2) is 9.45. The molecular weight excluding hydrogens is 406 g/mol. The number of benzene rings is 2. The summed E-state index contributed by atoms with van der Waals surface area (Å²) < 4.78 is 38.9. The van der Waals surface area contributed by atoms with Gasteiger partial charge in [0.1, 0.15) is 5.75 Å². The number of para-hydroxylation sites is 2. The van der Waals surface area contributed by atoms with E-state index >= 15 is 0 Å². The van der Waals surface area contributed by atoms with Gasteiger partial charge in [-0.15, -0.1) is 0 Å². The fraction of sp³-hybridized carbons (Fsp3) is 0.238. The van der Waals surface area contributed by atoms with Crippen molar-refractivity contribution in [3.63, 3.8) is 0 Å². The van der Waals surface area contributed by atoms with Crippen molar-refractivity contribution in [2.75, 3.05) is 18.4 Å². The Morgan fingerprint density at radius 2 is 2.00 bits per heavy atom. The molecule has 30 heavy (non-hydrogen) atoms. The largest absolute Gasteiger partial charge is 0.495 e. The molecule has 0 amide bonds. The van der Waals surface area contributed by atoms with Crippen molar-refractivity contribution in [2.24, 2.45) is 0 Å². The number of carbonyl (C=O) groups excluding carboxylic acids is 1. The van der Waals surface area contributed by atoms with Crippen LogP contribution in [0.5, 0.6) is 5.75 Å². The number of rotatable bonds is 9. The average molecular weight is 429 g/mol. The number of aromatic amines is 1. The molecule has 0 saturated carbocycles. The van der Waals surface area contributed by atoms with Gasteiger partial charge in [-0.3, -0.25) is 9.82 Å². The van der Waals surface area contributed by atoms with Gasteiger partial charge in [0.25, 0.3) is 10.0 Å². The third-order valence-corrected chi connectivity index (χ3v) is 5.97. The zero-order valence-corrected chi connectivity index (χ0v) is 17.5. The zero-order chi connectivity index (χ0) is 21.6. The van der Waals surface area contributed by atoms with Gasteiger partial charge in [-0.05, 0) is 55.2 Å². The summed E-state index contributed by atoms with van der Waals surface area (Å²) in [5, 5.41) is 6.59. The number of carbonyl (C=O) groups is 1. The van der Waals surface area contributed by atoms with Crippen LogP contribution in [0.1, 0.15) is 27.9 Å². The molecule has 0 saturated heterocycles. The van der Waals surface area contributed by atoms with Gasteiger partial charge >= 0.3 is 5.97 Å². The van der Waals surface area contributed by atoms with Crippen LogP contribution in [-0.2, 0) is 21.2 Å². The predicted molar refractivity (Wildman–Crippen MR) is 112 cm³/mol. The van der Waals surface area contributed by atoms with E-state index in [-0.39, 0.29) is 17.1 Å². The number of nitrogens with one attached hydrogen (secondary N) is 2. The summed E-state index contributed by atoms with van der Waals surface area (Å²) in [6, 6.07) is 11.2. The molecule has 3 aromatic rings. The molecule has 0 fully saturated rings. The summed E-state index contributed by atoms with van der Waals surface area (Å²) in [6.07, 6.45) is 4.86. The van der Waals surface area contributed by atoms with Crippen LogP contribution >= 0.6 is 0 Å². The number of anilines is 1. The Morgan fingerprint density at radius 1 is 1.20 bits per heavy atom. The number of hydrogen-bond acceptors (Lipinski definition) is 6. The third-order valence-electron chi connectivity index (χ3n) is 4.46. The highest BCUT2D eigenvalue weighted by Crippen LogP contribution is 2.27. The molecule has 2 aromatic carbocycles. The Bertz CT molecular complexity index is 1110. The van der Waals surface area contributed by atoms with Gasteiger partial charge in [0.2, 0.25) is 0 Å². The number of esters is 1. The van der Waals surface area contributed by atoms with Crippen LogP contribution in [0, 0.1) is 6.92 Å². The van der Waals surface area contributed by atoms with Gasteiger partial charge in [0.05, 0.1) is 36.1 Å². The van der Waals surface area contributed by atoms with Crippen LogP contribution in [0.15, 0.2) is 59.8 Å².